The van der Waals surface area contributed by atoms with Gasteiger partial charge in [0.05, 0.1) is 0 Å². The Balaban J connectivity index is 1.53. The number of nitrogens with one attached hydrogen (secondary N) is 3. The molecule has 0 saturated heterocycles. The van der Waals surface area contributed by atoms with Gasteiger partial charge in [-0.25, -0.2) is 9.59 Å². The Morgan fingerprint density at radius 3 is 2.17 bits per heavy atom. The number of aliphatic carboxylic acids is 1. The van der Waals surface area contributed by atoms with E-state index in [0.717, 1.165) is 29.5 Å². The van der Waals surface area contributed by atoms with E-state index >= 15 is 0 Å². The van der Waals surface area contributed by atoms with Gasteiger partial charge in [0.15, 0.2) is 0 Å². The average molecular weight is 600 g/mol. The van der Waals surface area contributed by atoms with E-state index in [0.29, 0.717) is 30.0 Å². The molecule has 4 N–H and O–H groups in total. The maximum absolute atomic E-state index is 12.9. The molecular weight excluding hydrogens is 558 g/mol. The maximum Gasteiger partial charge on any atom is 0.407 e. The molecule has 0 spiro atoms. The van der Waals surface area contributed by atoms with Gasteiger partial charge in [0.2, 0.25) is 5.91 Å². The molecule has 1 atom stereocenters. The number of alkyl carbamates (subject to hydrolysis) is 1. The molecule has 1 aliphatic rings. The van der Waals surface area contributed by atoms with Gasteiger partial charge < -0.3 is 25.8 Å². The predicted molar refractivity (Wildman–Crippen MR) is 162 cm³/mol. The van der Waals surface area contributed by atoms with Crippen molar-refractivity contribution >= 4 is 35.5 Å². The lowest BCUT2D eigenvalue weighted by atomic mass is 9.81. The Bertz CT molecular complexity index is 1260. The van der Waals surface area contributed by atoms with Gasteiger partial charge in [0.25, 0.3) is 5.91 Å². The smallest absolute Gasteiger partial charge is 0.407 e. The molecule has 0 radical (unpaired) electrons. The van der Waals surface area contributed by atoms with Gasteiger partial charge in [-0.2, -0.15) is 0 Å². The molecule has 1 saturated carbocycles. The second-order valence-corrected chi connectivity index (χ2v) is 12.6. The van der Waals surface area contributed by atoms with Crippen molar-refractivity contribution in [3.8, 4) is 11.1 Å². The van der Waals surface area contributed by atoms with Crippen molar-refractivity contribution in [2.45, 2.75) is 84.4 Å². The molecule has 3 rings (SSSR count). The largest absolute Gasteiger partial charge is 0.480 e. The van der Waals surface area contributed by atoms with Gasteiger partial charge in [-0.15, -0.1) is 0 Å². The Hall–Kier alpha value is -3.59. The van der Waals surface area contributed by atoms with Crippen LogP contribution in [0.1, 0.15) is 76.2 Å². The highest BCUT2D eigenvalue weighted by Crippen LogP contribution is 2.30. The van der Waals surface area contributed by atoms with Crippen molar-refractivity contribution < 1.29 is 29.0 Å². The summed E-state index contributed by atoms with van der Waals surface area (Å²) in [5.41, 5.74) is 2.25. The van der Waals surface area contributed by atoms with Crippen molar-refractivity contribution in [1.29, 1.82) is 0 Å². The third-order valence-electron chi connectivity index (χ3n) is 7.12. The van der Waals surface area contributed by atoms with Crippen LogP contribution in [0.4, 0.5) is 4.79 Å². The number of amides is 3. The van der Waals surface area contributed by atoms with E-state index in [4.69, 9.17) is 16.3 Å². The molecule has 228 valence electrons. The van der Waals surface area contributed by atoms with Gasteiger partial charge in [0, 0.05) is 41.1 Å². The van der Waals surface area contributed by atoms with Crippen LogP contribution in [-0.2, 0) is 20.7 Å². The fourth-order valence-corrected chi connectivity index (χ4v) is 5.24. The highest BCUT2D eigenvalue weighted by Gasteiger charge is 2.30. The summed E-state index contributed by atoms with van der Waals surface area (Å²) < 4.78 is 5.27. The number of ether oxygens (including phenoxy) is 1. The van der Waals surface area contributed by atoms with Crippen molar-refractivity contribution in [2.24, 2.45) is 11.8 Å². The summed E-state index contributed by atoms with van der Waals surface area (Å²) in [4.78, 5) is 49.1. The van der Waals surface area contributed by atoms with Crippen LogP contribution in [-0.4, -0.2) is 53.2 Å². The van der Waals surface area contributed by atoms with E-state index < -0.39 is 23.7 Å². The van der Waals surface area contributed by atoms with E-state index in [9.17, 15) is 24.3 Å². The van der Waals surface area contributed by atoms with Crippen LogP contribution in [0, 0.1) is 11.8 Å². The van der Waals surface area contributed by atoms with Crippen LogP contribution in [0.5, 0.6) is 0 Å². The molecule has 0 aliphatic heterocycles. The molecule has 42 heavy (non-hydrogen) atoms. The van der Waals surface area contributed by atoms with Crippen LogP contribution in [0.15, 0.2) is 42.5 Å². The Labute approximate surface area is 252 Å². The van der Waals surface area contributed by atoms with Gasteiger partial charge in [-0.1, -0.05) is 41.9 Å². The number of carboxylic acid groups (broad SMARTS) is 1. The highest BCUT2D eigenvalue weighted by atomic mass is 35.5. The number of carbonyl (C=O) groups is 4. The molecule has 0 aromatic heterocycles. The van der Waals surface area contributed by atoms with Crippen molar-refractivity contribution in [3.05, 3.63) is 58.6 Å². The van der Waals surface area contributed by atoms with E-state index in [1.807, 2.05) is 58.9 Å². The van der Waals surface area contributed by atoms with Crippen molar-refractivity contribution in [1.82, 2.24) is 16.0 Å². The Kier molecular flexibility index (Phi) is 11.4. The third kappa shape index (κ3) is 10.0. The normalized spacial score (nSPS) is 17.7. The first-order chi connectivity index (χ1) is 19.7. The Morgan fingerprint density at radius 1 is 0.976 bits per heavy atom. The number of hydrogen-bond donors (Lipinski definition) is 4. The predicted octanol–water partition coefficient (Wildman–Crippen LogP) is 5.59. The fourth-order valence-electron chi connectivity index (χ4n) is 4.95. The van der Waals surface area contributed by atoms with E-state index in [-0.39, 0.29) is 36.1 Å². The fraction of sp³-hybridized carbons (Fsp3) is 0.500. The van der Waals surface area contributed by atoms with Crippen LogP contribution in [0.25, 0.3) is 11.1 Å². The summed E-state index contributed by atoms with van der Waals surface area (Å²) in [5.74, 6) is -1.57. The minimum absolute atomic E-state index is 0.0118. The zero-order valence-electron chi connectivity index (χ0n) is 25.0. The van der Waals surface area contributed by atoms with Crippen LogP contribution in [0.3, 0.4) is 0 Å². The molecule has 1 fully saturated rings. The van der Waals surface area contributed by atoms with Crippen LogP contribution >= 0.6 is 11.6 Å². The minimum Gasteiger partial charge on any atom is -0.480 e. The number of halogens is 1. The number of rotatable bonds is 10. The van der Waals surface area contributed by atoms with Gasteiger partial charge >= 0.3 is 12.1 Å². The third-order valence-corrected chi connectivity index (χ3v) is 7.43. The van der Waals surface area contributed by atoms with Gasteiger partial charge in [0.1, 0.15) is 11.6 Å². The summed E-state index contributed by atoms with van der Waals surface area (Å²) in [6.07, 6.45) is 2.47. The van der Waals surface area contributed by atoms with Crippen LogP contribution in [0.2, 0.25) is 5.02 Å². The standard InChI is InChI=1S/C32H42ClN3O6/c1-19(2)35-29(38)24-14-15-25(26(33)17-24)22-10-6-20(7-11-22)16-27(30(39)40)36-28(37)23-12-8-21(9-13-23)18-34-31(41)42-32(3,4)5/h6-7,10-11,14-15,17,19,21,23,27H,8-9,12-13,16,18H2,1-5H3,(H,34,41)(H,35,38)(H,36,37)(H,39,40). The molecule has 2 aromatic rings. The molecule has 0 heterocycles. The summed E-state index contributed by atoms with van der Waals surface area (Å²) in [5, 5.41) is 18.6. The molecular formula is C32H42ClN3O6. The molecule has 3 amide bonds. The molecule has 9 nitrogen and oxygen atoms in total. The molecule has 0 bridgehead atoms. The second-order valence-electron chi connectivity index (χ2n) is 12.2. The van der Waals surface area contributed by atoms with E-state index in [2.05, 4.69) is 16.0 Å². The summed E-state index contributed by atoms with van der Waals surface area (Å²) in [6, 6.07) is 11.4. The first-order valence-corrected chi connectivity index (χ1v) is 14.8. The van der Waals surface area contributed by atoms with E-state index in [1.54, 1.807) is 18.2 Å². The van der Waals surface area contributed by atoms with E-state index in [1.165, 1.54) is 0 Å². The zero-order chi connectivity index (χ0) is 31.0. The molecule has 2 aromatic carbocycles. The lowest BCUT2D eigenvalue weighted by Gasteiger charge is -2.29. The lowest BCUT2D eigenvalue weighted by Crippen LogP contribution is -2.46. The molecule has 1 aliphatic carbocycles. The van der Waals surface area contributed by atoms with Crippen molar-refractivity contribution in [2.75, 3.05) is 6.54 Å². The monoisotopic (exact) mass is 599 g/mol. The SMILES string of the molecule is CC(C)NC(=O)c1ccc(-c2ccc(CC(NC(=O)C3CCC(CNC(=O)OC(C)(C)C)CC3)C(=O)O)cc2)c(Cl)c1. The summed E-state index contributed by atoms with van der Waals surface area (Å²) >= 11 is 6.48. The Morgan fingerprint density at radius 2 is 1.62 bits per heavy atom. The topological polar surface area (TPSA) is 134 Å². The first-order valence-electron chi connectivity index (χ1n) is 14.4. The maximum atomic E-state index is 12.9. The van der Waals surface area contributed by atoms with Crippen LogP contribution < -0.4 is 16.0 Å². The quantitative estimate of drug-likeness (QED) is 0.281. The number of benzene rings is 2. The first kappa shape index (κ1) is 32.9. The van der Waals surface area contributed by atoms with Gasteiger partial charge in [-0.05, 0) is 89.5 Å². The minimum atomic E-state index is -1.10. The summed E-state index contributed by atoms with van der Waals surface area (Å²) in [6.45, 7) is 9.68. The number of carbonyl (C=O) groups excluding carboxylic acids is 3. The van der Waals surface area contributed by atoms with Gasteiger partial charge in [-0.3, -0.25) is 9.59 Å². The average Bonchev–Trinajstić information content (AvgIpc) is 2.91. The second kappa shape index (κ2) is 14.5. The lowest BCUT2D eigenvalue weighted by molar-refractivity contribution is -0.142. The zero-order valence-corrected chi connectivity index (χ0v) is 25.7. The number of hydrogen-bond acceptors (Lipinski definition) is 5. The summed E-state index contributed by atoms with van der Waals surface area (Å²) in [7, 11) is 0. The molecule has 10 heteroatoms. The molecule has 1 unspecified atom stereocenters. The highest BCUT2D eigenvalue weighted by molar-refractivity contribution is 6.33. The van der Waals surface area contributed by atoms with Crippen molar-refractivity contribution in [3.63, 3.8) is 0 Å². The number of carboxylic acids is 1.